The van der Waals surface area contributed by atoms with Crippen molar-refractivity contribution in [3.8, 4) is 0 Å². The number of furan rings is 1. The third-order valence-corrected chi connectivity index (χ3v) is 3.09. The van der Waals surface area contributed by atoms with Gasteiger partial charge in [0.05, 0.1) is 27.7 Å². The van der Waals surface area contributed by atoms with Gasteiger partial charge in [0.2, 0.25) is 0 Å². The molecule has 0 spiro atoms. The number of non-ortho nitro benzene ring substituents is 1. The van der Waals surface area contributed by atoms with Crippen LogP contribution < -0.4 is 5.32 Å². The fourth-order valence-corrected chi connectivity index (χ4v) is 2.01. The number of anilines is 1. The SMILES string of the molecule is Cc1occc1C(=O)Nc1n[nH]c2ccc([N+](=O)[O-])cc12. The van der Waals surface area contributed by atoms with Gasteiger partial charge in [0.15, 0.2) is 5.82 Å². The van der Waals surface area contributed by atoms with Crippen molar-refractivity contribution in [1.29, 1.82) is 0 Å². The van der Waals surface area contributed by atoms with E-state index in [0.29, 0.717) is 22.2 Å². The predicted molar refractivity (Wildman–Crippen MR) is 74.1 cm³/mol. The highest BCUT2D eigenvalue weighted by Crippen LogP contribution is 2.25. The summed E-state index contributed by atoms with van der Waals surface area (Å²) in [5.41, 5.74) is 0.912. The van der Waals surface area contributed by atoms with Crippen molar-refractivity contribution in [3.05, 3.63) is 52.0 Å². The molecule has 0 unspecified atom stereocenters. The molecule has 0 aliphatic heterocycles. The number of rotatable bonds is 3. The molecule has 0 aliphatic rings. The van der Waals surface area contributed by atoms with Crippen molar-refractivity contribution in [3.63, 3.8) is 0 Å². The number of benzene rings is 1. The molecule has 1 aromatic carbocycles. The second-order valence-electron chi connectivity index (χ2n) is 4.40. The van der Waals surface area contributed by atoms with Gasteiger partial charge < -0.3 is 9.73 Å². The van der Waals surface area contributed by atoms with Gasteiger partial charge in [-0.05, 0) is 19.1 Å². The first-order chi connectivity index (χ1) is 10.1. The van der Waals surface area contributed by atoms with Crippen LogP contribution in [0, 0.1) is 17.0 Å². The number of nitro groups is 1. The maximum Gasteiger partial charge on any atom is 0.270 e. The number of carbonyl (C=O) groups excluding carboxylic acids is 1. The summed E-state index contributed by atoms with van der Waals surface area (Å²) in [6.07, 6.45) is 1.41. The van der Waals surface area contributed by atoms with Gasteiger partial charge in [0, 0.05) is 12.1 Å². The van der Waals surface area contributed by atoms with Gasteiger partial charge in [-0.1, -0.05) is 0 Å². The highest BCUT2D eigenvalue weighted by Gasteiger charge is 2.16. The number of H-pyrrole nitrogens is 1. The number of fused-ring (bicyclic) bond motifs is 1. The Bertz CT molecular complexity index is 849. The third-order valence-electron chi connectivity index (χ3n) is 3.09. The van der Waals surface area contributed by atoms with E-state index in [4.69, 9.17) is 4.42 Å². The van der Waals surface area contributed by atoms with Crippen molar-refractivity contribution in [1.82, 2.24) is 10.2 Å². The summed E-state index contributed by atoms with van der Waals surface area (Å²) in [5.74, 6) is 0.332. The largest absolute Gasteiger partial charge is 0.469 e. The summed E-state index contributed by atoms with van der Waals surface area (Å²) >= 11 is 0. The highest BCUT2D eigenvalue weighted by atomic mass is 16.6. The molecule has 1 amide bonds. The van der Waals surface area contributed by atoms with E-state index >= 15 is 0 Å². The van der Waals surface area contributed by atoms with Gasteiger partial charge in [-0.15, -0.1) is 0 Å². The van der Waals surface area contributed by atoms with E-state index in [2.05, 4.69) is 15.5 Å². The molecule has 3 rings (SSSR count). The minimum Gasteiger partial charge on any atom is -0.469 e. The Labute approximate surface area is 117 Å². The number of nitrogens with zero attached hydrogens (tertiary/aromatic N) is 2. The van der Waals surface area contributed by atoms with Gasteiger partial charge in [-0.3, -0.25) is 20.0 Å². The number of nitro benzene ring substituents is 1. The number of aryl methyl sites for hydroxylation is 1. The van der Waals surface area contributed by atoms with Crippen LogP contribution in [-0.4, -0.2) is 21.0 Å². The summed E-state index contributed by atoms with van der Waals surface area (Å²) in [6.45, 7) is 1.67. The molecule has 2 heterocycles. The number of aromatic nitrogens is 2. The van der Waals surface area contributed by atoms with Crippen LogP contribution in [0.4, 0.5) is 11.5 Å². The lowest BCUT2D eigenvalue weighted by Crippen LogP contribution is -2.12. The molecule has 21 heavy (non-hydrogen) atoms. The van der Waals surface area contributed by atoms with Crippen LogP contribution >= 0.6 is 0 Å². The van der Waals surface area contributed by atoms with E-state index in [1.165, 1.54) is 18.4 Å². The fourth-order valence-electron chi connectivity index (χ4n) is 2.01. The molecule has 0 radical (unpaired) electrons. The van der Waals surface area contributed by atoms with Crippen LogP contribution in [0.25, 0.3) is 10.9 Å². The zero-order valence-corrected chi connectivity index (χ0v) is 10.9. The molecule has 2 N–H and O–H groups in total. The first kappa shape index (κ1) is 12.9. The van der Waals surface area contributed by atoms with E-state index in [-0.39, 0.29) is 17.4 Å². The van der Waals surface area contributed by atoms with Gasteiger partial charge in [0.1, 0.15) is 5.76 Å². The molecule has 8 heteroatoms. The van der Waals surface area contributed by atoms with Crippen LogP contribution in [0.5, 0.6) is 0 Å². The second-order valence-corrected chi connectivity index (χ2v) is 4.40. The lowest BCUT2D eigenvalue weighted by Gasteiger charge is -2.01. The van der Waals surface area contributed by atoms with Crippen LogP contribution in [0.3, 0.4) is 0 Å². The van der Waals surface area contributed by atoms with Crippen molar-refractivity contribution < 1.29 is 14.1 Å². The summed E-state index contributed by atoms with van der Waals surface area (Å²) in [4.78, 5) is 22.4. The first-order valence-corrected chi connectivity index (χ1v) is 6.04. The van der Waals surface area contributed by atoms with Gasteiger partial charge in [-0.25, -0.2) is 0 Å². The molecule has 8 nitrogen and oxygen atoms in total. The average molecular weight is 286 g/mol. The fraction of sp³-hybridized carbons (Fsp3) is 0.0769. The standard InChI is InChI=1S/C13H10N4O4/c1-7-9(4-5-21-7)13(18)14-12-10-6-8(17(19)20)2-3-11(10)15-16-12/h2-6H,1H3,(H2,14,15,16,18). The number of nitrogens with one attached hydrogen (secondary N) is 2. The monoisotopic (exact) mass is 286 g/mol. The van der Waals surface area contributed by atoms with Crippen LogP contribution in [0.15, 0.2) is 34.9 Å². The maximum atomic E-state index is 12.1. The molecule has 0 bridgehead atoms. The van der Waals surface area contributed by atoms with Crippen molar-refractivity contribution in [2.75, 3.05) is 5.32 Å². The Morgan fingerprint density at radius 1 is 1.43 bits per heavy atom. The lowest BCUT2D eigenvalue weighted by atomic mass is 10.2. The number of hydrogen-bond donors (Lipinski definition) is 2. The van der Waals surface area contributed by atoms with E-state index in [9.17, 15) is 14.9 Å². The summed E-state index contributed by atoms with van der Waals surface area (Å²) in [6, 6.07) is 5.81. The van der Waals surface area contributed by atoms with Crippen molar-refractivity contribution >= 4 is 28.3 Å². The molecular formula is C13H10N4O4. The third kappa shape index (κ3) is 2.22. The zero-order chi connectivity index (χ0) is 15.0. The smallest absolute Gasteiger partial charge is 0.270 e. The zero-order valence-electron chi connectivity index (χ0n) is 10.9. The summed E-state index contributed by atoms with van der Waals surface area (Å²) < 4.78 is 5.06. The normalized spacial score (nSPS) is 10.7. The Morgan fingerprint density at radius 3 is 2.90 bits per heavy atom. The molecule has 106 valence electrons. The van der Waals surface area contributed by atoms with E-state index in [1.54, 1.807) is 19.1 Å². The maximum absolute atomic E-state index is 12.1. The topological polar surface area (TPSA) is 114 Å². The highest BCUT2D eigenvalue weighted by molar-refractivity contribution is 6.08. The van der Waals surface area contributed by atoms with Gasteiger partial charge in [0.25, 0.3) is 11.6 Å². The Kier molecular flexibility index (Phi) is 2.90. The van der Waals surface area contributed by atoms with Gasteiger partial charge >= 0.3 is 0 Å². The minimum absolute atomic E-state index is 0.0705. The average Bonchev–Trinajstić information content (AvgIpc) is 3.05. The Hall–Kier alpha value is -3.16. The van der Waals surface area contributed by atoms with Crippen molar-refractivity contribution in [2.24, 2.45) is 0 Å². The molecule has 2 aromatic heterocycles. The lowest BCUT2D eigenvalue weighted by molar-refractivity contribution is -0.384. The van der Waals surface area contributed by atoms with Crippen LogP contribution in [0.2, 0.25) is 0 Å². The number of hydrogen-bond acceptors (Lipinski definition) is 5. The molecule has 0 saturated heterocycles. The molecule has 3 aromatic rings. The number of aromatic amines is 1. The first-order valence-electron chi connectivity index (χ1n) is 6.04. The van der Waals surface area contributed by atoms with Crippen LogP contribution in [0.1, 0.15) is 16.1 Å². The molecule has 0 aliphatic carbocycles. The molecule has 0 saturated carbocycles. The molecule has 0 fully saturated rings. The number of amides is 1. The summed E-state index contributed by atoms with van der Waals surface area (Å²) in [5, 5.41) is 20.6. The molecular weight excluding hydrogens is 276 g/mol. The second kappa shape index (κ2) is 4.75. The predicted octanol–water partition coefficient (Wildman–Crippen LogP) is 2.62. The molecule has 0 atom stereocenters. The van der Waals surface area contributed by atoms with E-state index in [1.807, 2.05) is 0 Å². The Balaban J connectivity index is 1.97. The van der Waals surface area contributed by atoms with Crippen LogP contribution in [-0.2, 0) is 0 Å². The van der Waals surface area contributed by atoms with E-state index < -0.39 is 4.92 Å². The number of carbonyl (C=O) groups is 1. The van der Waals surface area contributed by atoms with E-state index in [0.717, 1.165) is 0 Å². The van der Waals surface area contributed by atoms with Gasteiger partial charge in [-0.2, -0.15) is 5.10 Å². The quantitative estimate of drug-likeness (QED) is 0.567. The Morgan fingerprint density at radius 2 is 2.24 bits per heavy atom. The summed E-state index contributed by atoms with van der Waals surface area (Å²) in [7, 11) is 0. The minimum atomic E-state index is -0.502. The van der Waals surface area contributed by atoms with Crippen molar-refractivity contribution in [2.45, 2.75) is 6.92 Å².